The van der Waals surface area contributed by atoms with Crippen LogP contribution in [0.15, 0.2) is 42.7 Å². The van der Waals surface area contributed by atoms with Gasteiger partial charge >= 0.3 is 0 Å². The van der Waals surface area contributed by atoms with E-state index >= 15 is 0 Å². The lowest BCUT2D eigenvalue weighted by Crippen LogP contribution is -2.24. The smallest absolute Gasteiger partial charge is 0.133 e. The number of hydrogen-bond donors (Lipinski definition) is 1. The number of nitrogens with two attached hydrogens (primary N) is 1. The van der Waals surface area contributed by atoms with Gasteiger partial charge in [0.15, 0.2) is 0 Å². The lowest BCUT2D eigenvalue weighted by Gasteiger charge is -2.22. The highest BCUT2D eigenvalue weighted by Gasteiger charge is 2.11. The minimum Gasteiger partial charge on any atom is -0.359 e. The second kappa shape index (κ2) is 6.29. The average molecular weight is 256 g/mol. The Morgan fingerprint density at radius 1 is 1.16 bits per heavy atom. The normalized spacial score (nSPS) is 12.2. The van der Waals surface area contributed by atoms with Crippen LogP contribution in [0, 0.1) is 0 Å². The number of rotatable bonds is 5. The summed E-state index contributed by atoms with van der Waals surface area (Å²) in [7, 11) is 2.04. The summed E-state index contributed by atoms with van der Waals surface area (Å²) in [6.07, 6.45) is 4.52. The quantitative estimate of drug-likeness (QED) is 0.891. The third kappa shape index (κ3) is 3.51. The zero-order valence-corrected chi connectivity index (χ0v) is 11.5. The molecule has 0 aliphatic rings. The van der Waals surface area contributed by atoms with E-state index in [4.69, 9.17) is 5.73 Å². The summed E-state index contributed by atoms with van der Waals surface area (Å²) >= 11 is 0. The number of aromatic nitrogens is 2. The van der Waals surface area contributed by atoms with Crippen molar-refractivity contribution >= 4 is 5.82 Å². The molecule has 2 aromatic rings. The first kappa shape index (κ1) is 13.5. The maximum atomic E-state index is 5.98. The number of hydrogen-bond acceptors (Lipinski definition) is 4. The van der Waals surface area contributed by atoms with Crippen molar-refractivity contribution in [1.29, 1.82) is 0 Å². The van der Waals surface area contributed by atoms with Gasteiger partial charge < -0.3 is 10.6 Å². The van der Waals surface area contributed by atoms with Crippen LogP contribution in [0.4, 0.5) is 5.82 Å². The molecule has 2 rings (SSSR count). The molecule has 0 fully saturated rings. The minimum atomic E-state index is -0.0130. The van der Waals surface area contributed by atoms with E-state index < -0.39 is 0 Å². The number of pyridine rings is 2. The molecule has 4 nitrogen and oxygen atoms in total. The molecular formula is C15H20N4. The van der Waals surface area contributed by atoms with Crippen molar-refractivity contribution in [3.8, 4) is 0 Å². The van der Waals surface area contributed by atoms with Gasteiger partial charge in [-0.2, -0.15) is 0 Å². The highest BCUT2D eigenvalue weighted by Crippen LogP contribution is 2.21. The highest BCUT2D eigenvalue weighted by molar-refractivity contribution is 5.47. The fourth-order valence-corrected chi connectivity index (χ4v) is 2.02. The second-order valence-electron chi connectivity index (χ2n) is 4.70. The predicted octanol–water partition coefficient (Wildman–Crippen LogP) is 2.18. The Morgan fingerprint density at radius 2 is 1.95 bits per heavy atom. The van der Waals surface area contributed by atoms with Crippen LogP contribution >= 0.6 is 0 Å². The van der Waals surface area contributed by atoms with E-state index in [1.54, 1.807) is 6.20 Å². The van der Waals surface area contributed by atoms with E-state index in [1.807, 2.05) is 50.5 Å². The van der Waals surface area contributed by atoms with Gasteiger partial charge in [-0.25, -0.2) is 4.98 Å². The molecule has 100 valence electrons. The maximum Gasteiger partial charge on any atom is 0.133 e. The molecule has 0 aromatic carbocycles. The first-order valence-corrected chi connectivity index (χ1v) is 6.50. The van der Waals surface area contributed by atoms with Crippen molar-refractivity contribution in [1.82, 2.24) is 9.97 Å². The number of nitrogens with zero attached hydrogens (tertiary/aromatic N) is 3. The molecule has 0 saturated heterocycles. The van der Waals surface area contributed by atoms with Gasteiger partial charge in [0.1, 0.15) is 5.82 Å². The van der Waals surface area contributed by atoms with E-state index in [2.05, 4.69) is 14.9 Å². The van der Waals surface area contributed by atoms with Crippen molar-refractivity contribution in [2.24, 2.45) is 5.73 Å². The van der Waals surface area contributed by atoms with E-state index in [9.17, 15) is 0 Å². The molecule has 1 unspecified atom stereocenters. The summed E-state index contributed by atoms with van der Waals surface area (Å²) in [5.74, 6) is 0.952. The highest BCUT2D eigenvalue weighted by atomic mass is 15.2. The molecule has 2 heterocycles. The summed E-state index contributed by atoms with van der Waals surface area (Å²) < 4.78 is 0. The lowest BCUT2D eigenvalue weighted by molar-refractivity contribution is 0.779. The molecule has 0 bridgehead atoms. The van der Waals surface area contributed by atoms with Gasteiger partial charge in [0.05, 0.1) is 0 Å². The van der Waals surface area contributed by atoms with Crippen molar-refractivity contribution in [3.05, 3.63) is 54.0 Å². The summed E-state index contributed by atoms with van der Waals surface area (Å²) in [6.45, 7) is 2.85. The molecule has 0 aliphatic carbocycles. The SMILES string of the molecule is CC(N)c1cccnc1N(C)CCc1ccccn1. The van der Waals surface area contributed by atoms with Crippen molar-refractivity contribution in [2.75, 3.05) is 18.5 Å². The summed E-state index contributed by atoms with van der Waals surface area (Å²) in [6, 6.07) is 9.93. The zero-order valence-electron chi connectivity index (χ0n) is 11.5. The molecule has 19 heavy (non-hydrogen) atoms. The molecule has 1 atom stereocenters. The van der Waals surface area contributed by atoms with Crippen LogP contribution in [0.5, 0.6) is 0 Å². The van der Waals surface area contributed by atoms with Crippen molar-refractivity contribution < 1.29 is 0 Å². The molecule has 0 saturated carbocycles. The van der Waals surface area contributed by atoms with Gasteiger partial charge in [-0.3, -0.25) is 4.98 Å². The Labute approximate surface area is 114 Å². The first-order valence-electron chi connectivity index (χ1n) is 6.50. The fraction of sp³-hybridized carbons (Fsp3) is 0.333. The lowest BCUT2D eigenvalue weighted by atomic mass is 10.1. The van der Waals surface area contributed by atoms with Crippen LogP contribution in [-0.4, -0.2) is 23.6 Å². The molecular weight excluding hydrogens is 236 g/mol. The Bertz CT molecular complexity index is 511. The van der Waals surface area contributed by atoms with Gasteiger partial charge in [-0.05, 0) is 25.1 Å². The van der Waals surface area contributed by atoms with Gasteiger partial charge in [0.25, 0.3) is 0 Å². The van der Waals surface area contributed by atoms with Crippen molar-refractivity contribution in [2.45, 2.75) is 19.4 Å². The fourth-order valence-electron chi connectivity index (χ4n) is 2.02. The average Bonchev–Trinajstić information content (AvgIpc) is 2.46. The molecule has 2 N–H and O–H groups in total. The maximum absolute atomic E-state index is 5.98. The molecule has 0 spiro atoms. The molecule has 0 amide bonds. The van der Waals surface area contributed by atoms with E-state index in [0.717, 1.165) is 30.0 Å². The Kier molecular flexibility index (Phi) is 4.47. The van der Waals surface area contributed by atoms with Gasteiger partial charge in [-0.15, -0.1) is 0 Å². The van der Waals surface area contributed by atoms with Crippen LogP contribution in [0.1, 0.15) is 24.2 Å². The Balaban J connectivity index is 2.06. The predicted molar refractivity (Wildman–Crippen MR) is 78.1 cm³/mol. The minimum absolute atomic E-state index is 0.0130. The summed E-state index contributed by atoms with van der Waals surface area (Å²) in [5, 5.41) is 0. The van der Waals surface area contributed by atoms with Crippen LogP contribution in [-0.2, 0) is 6.42 Å². The molecule has 0 radical (unpaired) electrons. The molecule has 4 heteroatoms. The van der Waals surface area contributed by atoms with Crippen molar-refractivity contribution in [3.63, 3.8) is 0 Å². The summed E-state index contributed by atoms with van der Waals surface area (Å²) in [5.41, 5.74) is 8.15. The standard InChI is InChI=1S/C15H20N4/c1-12(16)14-7-5-10-18-15(14)19(2)11-8-13-6-3-4-9-17-13/h3-7,9-10,12H,8,11,16H2,1-2H3. The second-order valence-corrected chi connectivity index (χ2v) is 4.70. The molecule has 0 aliphatic heterocycles. The van der Waals surface area contributed by atoms with E-state index in [1.165, 1.54) is 0 Å². The van der Waals surface area contributed by atoms with Crippen LogP contribution in [0.2, 0.25) is 0 Å². The monoisotopic (exact) mass is 256 g/mol. The Morgan fingerprint density at radius 3 is 2.63 bits per heavy atom. The third-order valence-electron chi connectivity index (χ3n) is 3.10. The summed E-state index contributed by atoms with van der Waals surface area (Å²) in [4.78, 5) is 10.9. The number of likely N-dealkylation sites (N-methyl/N-ethyl adjacent to an activating group) is 1. The van der Waals surface area contributed by atoms with Gasteiger partial charge in [-0.1, -0.05) is 12.1 Å². The van der Waals surface area contributed by atoms with Crippen LogP contribution in [0.3, 0.4) is 0 Å². The first-order chi connectivity index (χ1) is 9.18. The topological polar surface area (TPSA) is 55.0 Å². The van der Waals surface area contributed by atoms with Crippen LogP contribution < -0.4 is 10.6 Å². The van der Waals surface area contributed by atoms with E-state index in [-0.39, 0.29) is 6.04 Å². The molecule has 2 aromatic heterocycles. The largest absolute Gasteiger partial charge is 0.359 e. The zero-order chi connectivity index (χ0) is 13.7. The van der Waals surface area contributed by atoms with E-state index in [0.29, 0.717) is 0 Å². The Hall–Kier alpha value is -1.94. The van der Waals surface area contributed by atoms with Crippen LogP contribution in [0.25, 0.3) is 0 Å². The van der Waals surface area contributed by atoms with Gasteiger partial charge in [0.2, 0.25) is 0 Å². The number of anilines is 1. The third-order valence-corrected chi connectivity index (χ3v) is 3.10. The van der Waals surface area contributed by atoms with Gasteiger partial charge in [0, 0.05) is 49.7 Å².